The minimum atomic E-state index is 0.241. The van der Waals surface area contributed by atoms with Gasteiger partial charge in [-0.3, -0.25) is 0 Å². The molecule has 1 rings (SSSR count). The quantitative estimate of drug-likeness (QED) is 0.823. The fourth-order valence-corrected chi connectivity index (χ4v) is 1.44. The van der Waals surface area contributed by atoms with Crippen LogP contribution in [0.1, 0.15) is 39.3 Å². The van der Waals surface area contributed by atoms with Crippen LogP contribution >= 0.6 is 0 Å². The molecule has 2 nitrogen and oxygen atoms in total. The molecule has 0 saturated heterocycles. The minimum absolute atomic E-state index is 0.241. The molecule has 16 heavy (non-hydrogen) atoms. The molecule has 1 aromatic rings. The largest absolute Gasteiger partial charge is 0.490 e. The van der Waals surface area contributed by atoms with Gasteiger partial charge in [-0.05, 0) is 32.9 Å². The molecular weight excluding hydrogens is 198 g/mol. The van der Waals surface area contributed by atoms with Crippen molar-refractivity contribution in [1.82, 2.24) is 5.32 Å². The zero-order valence-electron chi connectivity index (χ0n) is 10.9. The second-order valence-electron chi connectivity index (χ2n) is 4.62. The second kappa shape index (κ2) is 5.90. The maximum atomic E-state index is 5.99. The fourth-order valence-electron chi connectivity index (χ4n) is 1.44. The lowest BCUT2D eigenvalue weighted by Gasteiger charge is -2.22. The fraction of sp³-hybridized carbons (Fsp3) is 0.571. The molecule has 2 atom stereocenters. The van der Waals surface area contributed by atoms with Crippen molar-refractivity contribution in [3.8, 4) is 5.75 Å². The van der Waals surface area contributed by atoms with Gasteiger partial charge in [0, 0.05) is 11.6 Å². The van der Waals surface area contributed by atoms with Gasteiger partial charge in [0.2, 0.25) is 0 Å². The van der Waals surface area contributed by atoms with Gasteiger partial charge in [-0.2, -0.15) is 0 Å². The molecule has 0 fully saturated rings. The van der Waals surface area contributed by atoms with Crippen molar-refractivity contribution in [2.24, 2.45) is 5.92 Å². The van der Waals surface area contributed by atoms with Crippen LogP contribution in [0.15, 0.2) is 24.3 Å². The van der Waals surface area contributed by atoms with Gasteiger partial charge in [0.15, 0.2) is 0 Å². The van der Waals surface area contributed by atoms with Gasteiger partial charge in [-0.15, -0.1) is 0 Å². The number of rotatable bonds is 5. The molecule has 0 aliphatic rings. The molecule has 0 aliphatic heterocycles. The molecule has 2 heteroatoms. The lowest BCUT2D eigenvalue weighted by Crippen LogP contribution is -2.21. The molecule has 0 bridgehead atoms. The molecule has 1 N–H and O–H groups in total. The Bertz CT molecular complexity index is 322. The first kappa shape index (κ1) is 13.0. The molecular formula is C14H23NO. The van der Waals surface area contributed by atoms with Gasteiger partial charge in [-0.25, -0.2) is 0 Å². The summed E-state index contributed by atoms with van der Waals surface area (Å²) in [6.07, 6.45) is 0.241. The summed E-state index contributed by atoms with van der Waals surface area (Å²) in [6, 6.07) is 8.55. The van der Waals surface area contributed by atoms with Crippen molar-refractivity contribution >= 4 is 0 Å². The molecule has 90 valence electrons. The minimum Gasteiger partial charge on any atom is -0.490 e. The van der Waals surface area contributed by atoms with E-state index in [9.17, 15) is 0 Å². The van der Waals surface area contributed by atoms with E-state index in [0.29, 0.717) is 12.0 Å². The summed E-state index contributed by atoms with van der Waals surface area (Å²) in [4.78, 5) is 0. The van der Waals surface area contributed by atoms with Crippen molar-refractivity contribution < 1.29 is 4.74 Å². The molecule has 0 radical (unpaired) electrons. The Balaban J connectivity index is 2.86. The van der Waals surface area contributed by atoms with Crippen molar-refractivity contribution in [3.05, 3.63) is 29.8 Å². The van der Waals surface area contributed by atoms with Crippen molar-refractivity contribution in [3.63, 3.8) is 0 Å². The zero-order valence-corrected chi connectivity index (χ0v) is 10.9. The van der Waals surface area contributed by atoms with E-state index in [1.54, 1.807) is 0 Å². The smallest absolute Gasteiger partial charge is 0.124 e. The van der Waals surface area contributed by atoms with E-state index >= 15 is 0 Å². The Hall–Kier alpha value is -1.02. The predicted molar refractivity (Wildman–Crippen MR) is 68.8 cm³/mol. The third-order valence-corrected chi connectivity index (χ3v) is 3.07. The summed E-state index contributed by atoms with van der Waals surface area (Å²) in [5, 5.41) is 3.24. The van der Waals surface area contributed by atoms with E-state index in [2.05, 4.69) is 45.1 Å². The van der Waals surface area contributed by atoms with Crippen molar-refractivity contribution in [2.45, 2.75) is 39.8 Å². The van der Waals surface area contributed by atoms with Gasteiger partial charge >= 0.3 is 0 Å². The Morgan fingerprint density at radius 3 is 2.25 bits per heavy atom. The SMILES string of the molecule is CNC(C)c1ccccc1OC(C)C(C)C. The summed E-state index contributed by atoms with van der Waals surface area (Å²) in [6.45, 7) is 8.61. The molecule has 0 saturated carbocycles. The Morgan fingerprint density at radius 2 is 1.69 bits per heavy atom. The van der Waals surface area contributed by atoms with Crippen molar-refractivity contribution in [1.29, 1.82) is 0 Å². The van der Waals surface area contributed by atoms with E-state index in [-0.39, 0.29) is 6.10 Å². The van der Waals surface area contributed by atoms with E-state index in [1.807, 2.05) is 19.2 Å². The molecule has 2 unspecified atom stereocenters. The highest BCUT2D eigenvalue weighted by molar-refractivity contribution is 5.35. The van der Waals surface area contributed by atoms with Gasteiger partial charge in [0.25, 0.3) is 0 Å². The van der Waals surface area contributed by atoms with E-state index in [4.69, 9.17) is 4.74 Å². The number of benzene rings is 1. The predicted octanol–water partition coefficient (Wildman–Crippen LogP) is 3.39. The lowest BCUT2D eigenvalue weighted by molar-refractivity contribution is 0.168. The highest BCUT2D eigenvalue weighted by Gasteiger charge is 2.13. The zero-order chi connectivity index (χ0) is 12.1. The lowest BCUT2D eigenvalue weighted by atomic mass is 10.1. The molecule has 0 aromatic heterocycles. The number of ether oxygens (including phenoxy) is 1. The molecule has 0 heterocycles. The van der Waals surface area contributed by atoms with Crippen LogP contribution in [0.4, 0.5) is 0 Å². The molecule has 0 aliphatic carbocycles. The first-order chi connectivity index (χ1) is 7.56. The average molecular weight is 221 g/mol. The van der Waals surface area contributed by atoms with Crippen LogP contribution in [0.3, 0.4) is 0 Å². The van der Waals surface area contributed by atoms with E-state index in [0.717, 1.165) is 5.75 Å². The summed E-state index contributed by atoms with van der Waals surface area (Å²) in [5.74, 6) is 1.52. The second-order valence-corrected chi connectivity index (χ2v) is 4.62. The van der Waals surface area contributed by atoms with Crippen LogP contribution in [0.5, 0.6) is 5.75 Å². The number of para-hydroxylation sites is 1. The van der Waals surface area contributed by atoms with Crippen LogP contribution < -0.4 is 10.1 Å². The maximum Gasteiger partial charge on any atom is 0.124 e. The molecule has 1 aromatic carbocycles. The van der Waals surface area contributed by atoms with Gasteiger partial charge in [0.05, 0.1) is 6.10 Å². The van der Waals surface area contributed by atoms with Crippen LogP contribution in [0.25, 0.3) is 0 Å². The summed E-state index contributed by atoms with van der Waals surface area (Å²) >= 11 is 0. The summed E-state index contributed by atoms with van der Waals surface area (Å²) in [7, 11) is 1.97. The maximum absolute atomic E-state index is 5.99. The van der Waals surface area contributed by atoms with Crippen LogP contribution in [-0.4, -0.2) is 13.2 Å². The Labute approximate surface area is 99.0 Å². The van der Waals surface area contributed by atoms with Crippen LogP contribution in [0.2, 0.25) is 0 Å². The highest BCUT2D eigenvalue weighted by atomic mass is 16.5. The number of hydrogen-bond acceptors (Lipinski definition) is 2. The monoisotopic (exact) mass is 221 g/mol. The average Bonchev–Trinajstić information content (AvgIpc) is 2.28. The molecule has 0 spiro atoms. The topological polar surface area (TPSA) is 21.3 Å². The highest BCUT2D eigenvalue weighted by Crippen LogP contribution is 2.26. The Kier molecular flexibility index (Phi) is 4.81. The third-order valence-electron chi connectivity index (χ3n) is 3.07. The van der Waals surface area contributed by atoms with E-state index in [1.165, 1.54) is 5.56 Å². The van der Waals surface area contributed by atoms with Crippen LogP contribution in [-0.2, 0) is 0 Å². The van der Waals surface area contributed by atoms with Gasteiger partial charge < -0.3 is 10.1 Å². The normalized spacial score (nSPS) is 14.9. The van der Waals surface area contributed by atoms with Crippen molar-refractivity contribution in [2.75, 3.05) is 7.05 Å². The van der Waals surface area contributed by atoms with Gasteiger partial charge in [-0.1, -0.05) is 32.0 Å². The summed E-state index contributed by atoms with van der Waals surface area (Å²) in [5.41, 5.74) is 1.22. The first-order valence-electron chi connectivity index (χ1n) is 5.99. The Morgan fingerprint density at radius 1 is 1.06 bits per heavy atom. The number of nitrogens with one attached hydrogen (secondary N) is 1. The summed E-state index contributed by atoms with van der Waals surface area (Å²) < 4.78 is 5.99. The molecule has 0 amide bonds. The standard InChI is InChI=1S/C14H23NO/c1-10(2)12(4)16-14-9-7-6-8-13(14)11(3)15-5/h6-12,15H,1-5H3. The van der Waals surface area contributed by atoms with E-state index < -0.39 is 0 Å². The third kappa shape index (κ3) is 3.24. The van der Waals surface area contributed by atoms with Crippen LogP contribution in [0, 0.1) is 5.92 Å². The number of hydrogen-bond donors (Lipinski definition) is 1. The van der Waals surface area contributed by atoms with Gasteiger partial charge in [0.1, 0.15) is 5.75 Å². The first-order valence-corrected chi connectivity index (χ1v) is 5.99.